The van der Waals surface area contributed by atoms with Crippen LogP contribution in [0.2, 0.25) is 0 Å². The van der Waals surface area contributed by atoms with E-state index in [4.69, 9.17) is 0 Å². The van der Waals surface area contributed by atoms with E-state index in [0.717, 1.165) is 11.1 Å². The molecule has 3 nitrogen and oxygen atoms in total. The molecular weight excluding hydrogens is 281 g/mol. The Labute approximate surface area is 121 Å². The third-order valence-corrected chi connectivity index (χ3v) is 3.79. The molecule has 0 saturated carbocycles. The summed E-state index contributed by atoms with van der Waals surface area (Å²) in [4.78, 5) is 12.0. The molecular formula is C15H19F3N2O. The maximum Gasteiger partial charge on any atom is 0.403 e. The van der Waals surface area contributed by atoms with Gasteiger partial charge in [0.1, 0.15) is 6.04 Å². The summed E-state index contributed by atoms with van der Waals surface area (Å²) >= 11 is 0. The topological polar surface area (TPSA) is 41.1 Å². The molecule has 0 aromatic heterocycles. The second-order valence-corrected chi connectivity index (χ2v) is 5.45. The third-order valence-electron chi connectivity index (χ3n) is 3.79. The Morgan fingerprint density at radius 1 is 1.33 bits per heavy atom. The number of hydrogen-bond acceptors (Lipinski definition) is 2. The highest BCUT2D eigenvalue weighted by molar-refractivity contribution is 5.79. The van der Waals surface area contributed by atoms with Crippen LogP contribution in [0.5, 0.6) is 0 Å². The van der Waals surface area contributed by atoms with Crippen molar-refractivity contribution < 1.29 is 18.0 Å². The molecule has 21 heavy (non-hydrogen) atoms. The maximum absolute atomic E-state index is 12.5. The molecule has 1 heterocycles. The highest BCUT2D eigenvalue weighted by Crippen LogP contribution is 2.26. The molecule has 0 aliphatic carbocycles. The Morgan fingerprint density at radius 3 is 2.62 bits per heavy atom. The fraction of sp³-hybridized carbons (Fsp3) is 0.533. The van der Waals surface area contributed by atoms with Gasteiger partial charge in [-0.05, 0) is 30.9 Å². The van der Waals surface area contributed by atoms with Crippen molar-refractivity contribution in [2.45, 2.75) is 44.4 Å². The predicted octanol–water partition coefficient (Wildman–Crippen LogP) is 2.34. The Bertz CT molecular complexity index is 494. The summed E-state index contributed by atoms with van der Waals surface area (Å²) in [6, 6.07) is 5.89. The first-order chi connectivity index (χ1) is 9.86. The lowest BCUT2D eigenvalue weighted by molar-refractivity contribution is -0.161. The molecule has 1 saturated heterocycles. The van der Waals surface area contributed by atoms with Gasteiger partial charge in [0.25, 0.3) is 0 Å². The van der Waals surface area contributed by atoms with E-state index < -0.39 is 12.2 Å². The first kappa shape index (κ1) is 15.8. The molecule has 2 atom stereocenters. The van der Waals surface area contributed by atoms with E-state index in [0.29, 0.717) is 6.42 Å². The number of aryl methyl sites for hydroxylation is 1. The highest BCUT2D eigenvalue weighted by atomic mass is 19.4. The average molecular weight is 300 g/mol. The zero-order chi connectivity index (χ0) is 15.5. The Morgan fingerprint density at radius 2 is 2.05 bits per heavy atom. The van der Waals surface area contributed by atoms with Crippen molar-refractivity contribution in [1.82, 2.24) is 10.6 Å². The van der Waals surface area contributed by atoms with Gasteiger partial charge in [-0.3, -0.25) is 4.79 Å². The van der Waals surface area contributed by atoms with Gasteiger partial charge in [0.2, 0.25) is 5.91 Å². The van der Waals surface area contributed by atoms with Crippen LogP contribution in [0, 0.1) is 6.92 Å². The predicted molar refractivity (Wildman–Crippen MR) is 73.9 cm³/mol. The molecule has 116 valence electrons. The number of alkyl halides is 3. The van der Waals surface area contributed by atoms with Crippen LogP contribution >= 0.6 is 0 Å². The summed E-state index contributed by atoms with van der Waals surface area (Å²) in [7, 11) is 0. The Balaban J connectivity index is 1.81. The molecule has 0 spiro atoms. The van der Waals surface area contributed by atoms with Gasteiger partial charge >= 0.3 is 6.18 Å². The van der Waals surface area contributed by atoms with Crippen LogP contribution < -0.4 is 10.6 Å². The standard InChI is InChI=1S/C15H19F3N2O/c1-10-4-2-3-5-11(10)8-14(21)20-12-6-7-13(19-9-12)15(16,17)18/h2-5,12-13,19H,6-9H2,1H3,(H,20,21). The number of rotatable bonds is 3. The lowest BCUT2D eigenvalue weighted by Gasteiger charge is -2.31. The van der Waals surface area contributed by atoms with Gasteiger partial charge < -0.3 is 10.6 Å². The summed E-state index contributed by atoms with van der Waals surface area (Å²) in [6.45, 7) is 2.09. The largest absolute Gasteiger partial charge is 0.403 e. The van der Waals surface area contributed by atoms with Crippen LogP contribution in [-0.4, -0.2) is 30.7 Å². The summed E-state index contributed by atoms with van der Waals surface area (Å²) in [5, 5.41) is 5.25. The molecule has 2 N–H and O–H groups in total. The van der Waals surface area contributed by atoms with Gasteiger partial charge in [-0.15, -0.1) is 0 Å². The second-order valence-electron chi connectivity index (χ2n) is 5.45. The molecule has 1 fully saturated rings. The summed E-state index contributed by atoms with van der Waals surface area (Å²) < 4.78 is 37.5. The van der Waals surface area contributed by atoms with Crippen LogP contribution in [0.25, 0.3) is 0 Å². The fourth-order valence-electron chi connectivity index (χ4n) is 2.52. The molecule has 1 aliphatic rings. The second kappa shape index (κ2) is 6.47. The molecule has 1 aromatic rings. The average Bonchev–Trinajstić information content (AvgIpc) is 2.41. The van der Waals surface area contributed by atoms with Crippen molar-refractivity contribution in [3.8, 4) is 0 Å². The number of benzene rings is 1. The smallest absolute Gasteiger partial charge is 0.352 e. The van der Waals surface area contributed by atoms with E-state index in [-0.39, 0.29) is 31.3 Å². The van der Waals surface area contributed by atoms with E-state index >= 15 is 0 Å². The summed E-state index contributed by atoms with van der Waals surface area (Å²) in [6.07, 6.45) is -3.61. The Hall–Kier alpha value is -1.56. The van der Waals surface area contributed by atoms with Crippen LogP contribution in [0.1, 0.15) is 24.0 Å². The van der Waals surface area contributed by atoms with E-state index in [1.165, 1.54) is 0 Å². The number of hydrogen-bond donors (Lipinski definition) is 2. The Kier molecular flexibility index (Phi) is 4.88. The number of carbonyl (C=O) groups is 1. The lowest BCUT2D eigenvalue weighted by atomic mass is 9.99. The summed E-state index contributed by atoms with van der Waals surface area (Å²) in [5.74, 6) is -0.151. The van der Waals surface area contributed by atoms with Crippen molar-refractivity contribution in [2.75, 3.05) is 6.54 Å². The van der Waals surface area contributed by atoms with Crippen molar-refractivity contribution in [2.24, 2.45) is 0 Å². The van der Waals surface area contributed by atoms with Crippen LogP contribution in [-0.2, 0) is 11.2 Å². The van der Waals surface area contributed by atoms with Crippen LogP contribution in [0.15, 0.2) is 24.3 Å². The molecule has 2 rings (SSSR count). The first-order valence-corrected chi connectivity index (χ1v) is 7.00. The lowest BCUT2D eigenvalue weighted by Crippen LogP contribution is -2.54. The number of piperidine rings is 1. The third kappa shape index (κ3) is 4.46. The van der Waals surface area contributed by atoms with Gasteiger partial charge in [0.15, 0.2) is 0 Å². The molecule has 0 radical (unpaired) electrons. The monoisotopic (exact) mass is 300 g/mol. The number of halogens is 3. The SMILES string of the molecule is Cc1ccccc1CC(=O)NC1CCC(C(F)(F)F)NC1. The van der Waals surface area contributed by atoms with E-state index in [9.17, 15) is 18.0 Å². The first-order valence-electron chi connectivity index (χ1n) is 7.00. The van der Waals surface area contributed by atoms with E-state index in [1.54, 1.807) is 0 Å². The number of amides is 1. The molecule has 1 aliphatic heterocycles. The van der Waals surface area contributed by atoms with E-state index in [2.05, 4.69) is 10.6 Å². The van der Waals surface area contributed by atoms with Crippen molar-refractivity contribution in [1.29, 1.82) is 0 Å². The minimum Gasteiger partial charge on any atom is -0.352 e. The van der Waals surface area contributed by atoms with Crippen LogP contribution in [0.4, 0.5) is 13.2 Å². The zero-order valence-electron chi connectivity index (χ0n) is 11.8. The number of nitrogens with one attached hydrogen (secondary N) is 2. The number of carbonyl (C=O) groups excluding carboxylic acids is 1. The van der Waals surface area contributed by atoms with Gasteiger partial charge in [0, 0.05) is 12.6 Å². The normalized spacial score (nSPS) is 22.9. The maximum atomic E-state index is 12.5. The van der Waals surface area contributed by atoms with Crippen molar-refractivity contribution in [3.05, 3.63) is 35.4 Å². The quantitative estimate of drug-likeness (QED) is 0.899. The van der Waals surface area contributed by atoms with Gasteiger partial charge in [-0.25, -0.2) is 0 Å². The molecule has 1 amide bonds. The van der Waals surface area contributed by atoms with Gasteiger partial charge in [0.05, 0.1) is 6.42 Å². The van der Waals surface area contributed by atoms with Crippen molar-refractivity contribution in [3.63, 3.8) is 0 Å². The molecule has 1 aromatic carbocycles. The van der Waals surface area contributed by atoms with E-state index in [1.807, 2.05) is 31.2 Å². The molecule has 2 unspecified atom stereocenters. The zero-order valence-corrected chi connectivity index (χ0v) is 11.8. The fourth-order valence-corrected chi connectivity index (χ4v) is 2.52. The highest BCUT2D eigenvalue weighted by Gasteiger charge is 2.41. The van der Waals surface area contributed by atoms with Crippen LogP contribution in [0.3, 0.4) is 0 Å². The van der Waals surface area contributed by atoms with Gasteiger partial charge in [-0.1, -0.05) is 24.3 Å². The van der Waals surface area contributed by atoms with Crippen molar-refractivity contribution >= 4 is 5.91 Å². The summed E-state index contributed by atoms with van der Waals surface area (Å²) in [5.41, 5.74) is 1.97. The minimum absolute atomic E-state index is 0.00118. The minimum atomic E-state index is -4.21. The van der Waals surface area contributed by atoms with Gasteiger partial charge in [-0.2, -0.15) is 13.2 Å². The molecule has 0 bridgehead atoms. The molecule has 6 heteroatoms.